The summed E-state index contributed by atoms with van der Waals surface area (Å²) in [5.74, 6) is 0.831. The zero-order valence-electron chi connectivity index (χ0n) is 14.0. The van der Waals surface area contributed by atoms with Crippen LogP contribution in [0.2, 0.25) is 0 Å². The first-order valence-corrected chi connectivity index (χ1v) is 7.96. The number of aromatic hydroxyl groups is 2. The summed E-state index contributed by atoms with van der Waals surface area (Å²) >= 11 is 0. The number of rotatable bonds is 5. The number of unbranched alkanes of at least 4 members (excludes halogenated alkanes) is 1. The van der Waals surface area contributed by atoms with Crippen molar-refractivity contribution in [1.29, 1.82) is 0 Å². The molecule has 0 atom stereocenters. The van der Waals surface area contributed by atoms with Gasteiger partial charge in [-0.3, -0.25) is 0 Å². The number of hydrogen-bond donors (Lipinski definition) is 2. The summed E-state index contributed by atoms with van der Waals surface area (Å²) in [6.45, 7) is 7.81. The fourth-order valence-corrected chi connectivity index (χ4v) is 3.04. The van der Waals surface area contributed by atoms with E-state index in [4.69, 9.17) is 0 Å². The second-order valence-corrected chi connectivity index (χ2v) is 6.36. The summed E-state index contributed by atoms with van der Waals surface area (Å²) in [7, 11) is 0. The minimum Gasteiger partial charge on any atom is -0.507 e. The van der Waals surface area contributed by atoms with Gasteiger partial charge >= 0.3 is 0 Å². The summed E-state index contributed by atoms with van der Waals surface area (Å²) in [5, 5.41) is 19.6. The maximum atomic E-state index is 9.80. The molecule has 0 amide bonds. The lowest BCUT2D eigenvalue weighted by Gasteiger charge is -2.09. The topological polar surface area (TPSA) is 40.5 Å². The summed E-state index contributed by atoms with van der Waals surface area (Å²) in [4.78, 5) is 0. The maximum Gasteiger partial charge on any atom is 0.121 e. The van der Waals surface area contributed by atoms with Crippen molar-refractivity contribution >= 4 is 0 Å². The highest BCUT2D eigenvalue weighted by molar-refractivity contribution is 5.43. The predicted octanol–water partition coefficient (Wildman–Crippen LogP) is 4.90. The molecule has 0 fully saturated rings. The Morgan fingerprint density at radius 2 is 0.864 bits per heavy atom. The maximum absolute atomic E-state index is 9.80. The van der Waals surface area contributed by atoms with Crippen molar-refractivity contribution in [3.05, 3.63) is 57.6 Å². The lowest BCUT2D eigenvalue weighted by Crippen LogP contribution is -1.93. The van der Waals surface area contributed by atoms with Crippen LogP contribution in [0.4, 0.5) is 0 Å². The van der Waals surface area contributed by atoms with Gasteiger partial charge in [-0.15, -0.1) is 0 Å². The molecule has 0 aliphatic carbocycles. The molecule has 118 valence electrons. The molecule has 2 rings (SSSR count). The quantitative estimate of drug-likeness (QED) is 0.771. The standard InChI is InChI=1S/C20H26O2/c1-13-9-17(10-14(2)19(13)21)7-5-6-8-18-11-15(3)20(22)16(4)12-18/h9-12,21-22H,5-8H2,1-4H3. The van der Waals surface area contributed by atoms with Crippen LogP contribution in [-0.4, -0.2) is 10.2 Å². The molecule has 0 bridgehead atoms. The summed E-state index contributed by atoms with van der Waals surface area (Å²) in [6.07, 6.45) is 4.33. The average molecular weight is 298 g/mol. The molecule has 0 unspecified atom stereocenters. The second-order valence-electron chi connectivity index (χ2n) is 6.36. The monoisotopic (exact) mass is 298 g/mol. The molecule has 0 aliphatic heterocycles. The molecule has 2 heteroatoms. The van der Waals surface area contributed by atoms with Crippen molar-refractivity contribution in [2.45, 2.75) is 53.4 Å². The van der Waals surface area contributed by atoms with Gasteiger partial charge in [-0.2, -0.15) is 0 Å². The van der Waals surface area contributed by atoms with E-state index in [9.17, 15) is 10.2 Å². The van der Waals surface area contributed by atoms with Gasteiger partial charge < -0.3 is 10.2 Å². The van der Waals surface area contributed by atoms with Gasteiger partial charge in [0.2, 0.25) is 0 Å². The van der Waals surface area contributed by atoms with Crippen LogP contribution < -0.4 is 0 Å². The zero-order valence-corrected chi connectivity index (χ0v) is 14.0. The molecule has 0 aliphatic rings. The summed E-state index contributed by atoms with van der Waals surface area (Å²) in [5.41, 5.74) is 6.43. The van der Waals surface area contributed by atoms with Crippen molar-refractivity contribution in [3.63, 3.8) is 0 Å². The highest BCUT2D eigenvalue weighted by Gasteiger charge is 2.05. The van der Waals surface area contributed by atoms with Gasteiger partial charge in [-0.1, -0.05) is 24.3 Å². The highest BCUT2D eigenvalue weighted by Crippen LogP contribution is 2.25. The molecular formula is C20H26O2. The third-order valence-corrected chi connectivity index (χ3v) is 4.28. The van der Waals surface area contributed by atoms with E-state index in [2.05, 4.69) is 24.3 Å². The van der Waals surface area contributed by atoms with E-state index in [-0.39, 0.29) is 0 Å². The minimum atomic E-state index is 0.416. The van der Waals surface area contributed by atoms with Crippen molar-refractivity contribution in [2.24, 2.45) is 0 Å². The smallest absolute Gasteiger partial charge is 0.121 e. The van der Waals surface area contributed by atoms with Gasteiger partial charge in [-0.05, 0) is 86.8 Å². The Labute approximate surface area is 133 Å². The zero-order chi connectivity index (χ0) is 16.3. The van der Waals surface area contributed by atoms with Crippen LogP contribution in [-0.2, 0) is 12.8 Å². The number of phenolic OH excluding ortho intramolecular Hbond substituents is 2. The van der Waals surface area contributed by atoms with E-state index in [1.54, 1.807) is 0 Å². The first-order chi connectivity index (χ1) is 10.4. The van der Waals surface area contributed by atoms with Gasteiger partial charge in [-0.25, -0.2) is 0 Å². The van der Waals surface area contributed by atoms with Gasteiger partial charge in [0.15, 0.2) is 0 Å². The van der Waals surface area contributed by atoms with Crippen molar-refractivity contribution in [2.75, 3.05) is 0 Å². The molecule has 2 nitrogen and oxygen atoms in total. The van der Waals surface area contributed by atoms with Gasteiger partial charge in [0, 0.05) is 0 Å². The Morgan fingerprint density at radius 1 is 0.591 bits per heavy atom. The van der Waals surface area contributed by atoms with Crippen molar-refractivity contribution in [3.8, 4) is 11.5 Å². The fourth-order valence-electron chi connectivity index (χ4n) is 3.04. The van der Waals surface area contributed by atoms with Crippen LogP contribution in [0.5, 0.6) is 11.5 Å². The number of hydrogen-bond acceptors (Lipinski definition) is 2. The lowest BCUT2D eigenvalue weighted by atomic mass is 9.98. The van der Waals surface area contributed by atoms with Crippen LogP contribution in [0.3, 0.4) is 0 Å². The van der Waals surface area contributed by atoms with E-state index in [0.717, 1.165) is 47.9 Å². The second kappa shape index (κ2) is 6.87. The molecular weight excluding hydrogens is 272 g/mol. The first-order valence-electron chi connectivity index (χ1n) is 7.96. The first kappa shape index (κ1) is 16.4. The van der Waals surface area contributed by atoms with Crippen LogP contribution in [0.25, 0.3) is 0 Å². The number of phenols is 2. The van der Waals surface area contributed by atoms with E-state index in [1.807, 2.05) is 27.7 Å². The predicted molar refractivity (Wildman–Crippen MR) is 91.8 cm³/mol. The van der Waals surface area contributed by atoms with E-state index < -0.39 is 0 Å². The Kier molecular flexibility index (Phi) is 5.12. The molecule has 0 heterocycles. The normalized spacial score (nSPS) is 10.9. The molecule has 0 saturated heterocycles. The Bertz CT molecular complexity index is 566. The Hall–Kier alpha value is -1.96. The van der Waals surface area contributed by atoms with E-state index in [1.165, 1.54) is 11.1 Å². The van der Waals surface area contributed by atoms with Gasteiger partial charge in [0.1, 0.15) is 11.5 Å². The van der Waals surface area contributed by atoms with Crippen molar-refractivity contribution in [1.82, 2.24) is 0 Å². The van der Waals surface area contributed by atoms with Gasteiger partial charge in [0.25, 0.3) is 0 Å². The Morgan fingerprint density at radius 3 is 1.14 bits per heavy atom. The molecule has 0 saturated carbocycles. The van der Waals surface area contributed by atoms with Crippen LogP contribution in [0, 0.1) is 27.7 Å². The summed E-state index contributed by atoms with van der Waals surface area (Å²) in [6, 6.07) is 8.32. The van der Waals surface area contributed by atoms with Crippen molar-refractivity contribution < 1.29 is 10.2 Å². The van der Waals surface area contributed by atoms with Crippen LogP contribution >= 0.6 is 0 Å². The number of aryl methyl sites for hydroxylation is 6. The van der Waals surface area contributed by atoms with Gasteiger partial charge in [0.05, 0.1) is 0 Å². The molecule has 2 aromatic rings. The largest absolute Gasteiger partial charge is 0.507 e. The Balaban J connectivity index is 1.90. The van der Waals surface area contributed by atoms with Crippen LogP contribution in [0.15, 0.2) is 24.3 Å². The van der Waals surface area contributed by atoms with E-state index in [0.29, 0.717) is 11.5 Å². The molecule has 0 radical (unpaired) electrons. The average Bonchev–Trinajstić information content (AvgIpc) is 2.46. The lowest BCUT2D eigenvalue weighted by molar-refractivity contribution is 0.466. The third-order valence-electron chi connectivity index (χ3n) is 4.28. The SMILES string of the molecule is Cc1cc(CCCCc2cc(C)c(O)c(C)c2)cc(C)c1O. The molecule has 0 aromatic heterocycles. The summed E-state index contributed by atoms with van der Waals surface area (Å²) < 4.78 is 0. The third kappa shape index (κ3) is 3.82. The van der Waals surface area contributed by atoms with Crippen LogP contribution in [0.1, 0.15) is 46.2 Å². The molecule has 2 N–H and O–H groups in total. The number of benzene rings is 2. The minimum absolute atomic E-state index is 0.416. The highest BCUT2D eigenvalue weighted by atomic mass is 16.3. The fraction of sp³-hybridized carbons (Fsp3) is 0.400. The molecule has 0 spiro atoms. The molecule has 22 heavy (non-hydrogen) atoms. The molecule has 2 aromatic carbocycles. The van der Waals surface area contributed by atoms with E-state index >= 15 is 0 Å².